The summed E-state index contributed by atoms with van der Waals surface area (Å²) in [5, 5.41) is 9.89. The van der Waals surface area contributed by atoms with Gasteiger partial charge in [0.25, 0.3) is 0 Å². The number of esters is 4. The minimum absolute atomic E-state index is 0.00397. The number of Topliss-reactive ketones (excluding diaryl/α,β-unsaturated/α-hetero) is 1. The average molecular weight is 545 g/mol. The Morgan fingerprint density at radius 3 is 2.41 bits per heavy atom. The summed E-state index contributed by atoms with van der Waals surface area (Å²) in [7, 11) is 1.31. The molecule has 1 saturated heterocycles. The number of aliphatic hydroxyl groups excluding tert-OH is 1. The lowest BCUT2D eigenvalue weighted by Crippen LogP contribution is -2.67. The SMILES string of the molecule is COC(=O)C[C@H]1C(C)(C)[C@H](OC(C)=O)[C@@H]2CC3=C4CC(=O)O[C@@H](C5=C[C@@H](O)OC5=O)[C@]4(C)CC[C@H]3[C@@]1(C)C2=O. The molecule has 0 spiro atoms. The van der Waals surface area contributed by atoms with Gasteiger partial charge in [0.05, 0.1) is 25.0 Å². The number of ether oxygens (including phenoxy) is 4. The van der Waals surface area contributed by atoms with Gasteiger partial charge in [0.15, 0.2) is 0 Å². The van der Waals surface area contributed by atoms with E-state index in [0.717, 1.165) is 11.1 Å². The first-order chi connectivity index (χ1) is 18.2. The van der Waals surface area contributed by atoms with E-state index in [9.17, 15) is 29.1 Å². The number of hydrogen-bond donors (Lipinski definition) is 1. The molecule has 0 amide bonds. The second kappa shape index (κ2) is 9.01. The first-order valence-corrected chi connectivity index (χ1v) is 13.5. The predicted octanol–water partition coefficient (Wildman–Crippen LogP) is 2.56. The van der Waals surface area contributed by atoms with Crippen LogP contribution < -0.4 is 0 Å². The molecule has 0 aromatic carbocycles. The van der Waals surface area contributed by atoms with Crippen LogP contribution in [0.4, 0.5) is 0 Å². The van der Waals surface area contributed by atoms with Gasteiger partial charge in [-0.05, 0) is 42.7 Å². The number of hydrogen-bond acceptors (Lipinski definition) is 10. The molecule has 0 aromatic heterocycles. The summed E-state index contributed by atoms with van der Waals surface area (Å²) in [6, 6.07) is 0. The van der Waals surface area contributed by atoms with Crippen molar-refractivity contribution in [3.63, 3.8) is 0 Å². The first-order valence-electron chi connectivity index (χ1n) is 13.5. The van der Waals surface area contributed by atoms with Crippen LogP contribution in [0.5, 0.6) is 0 Å². The van der Waals surface area contributed by atoms with E-state index < -0.39 is 70.5 Å². The highest BCUT2D eigenvalue weighted by Crippen LogP contribution is 2.67. The van der Waals surface area contributed by atoms with Crippen molar-refractivity contribution in [2.24, 2.45) is 34.0 Å². The van der Waals surface area contributed by atoms with Crippen LogP contribution in [-0.2, 0) is 42.9 Å². The fourth-order valence-corrected chi connectivity index (χ4v) is 8.55. The Morgan fingerprint density at radius 2 is 1.82 bits per heavy atom. The monoisotopic (exact) mass is 544 g/mol. The van der Waals surface area contributed by atoms with Crippen molar-refractivity contribution in [2.45, 2.75) is 85.2 Å². The number of carbonyl (C=O) groups excluding carboxylic acids is 5. The van der Waals surface area contributed by atoms with Crippen LogP contribution in [0.3, 0.4) is 0 Å². The standard InChI is InChI=1S/C29H36O10/c1-13(30)37-24-15-9-14-17(29(5,23(15)34)19(27(24,2)3)12-20(31)36-6)7-8-28(4)18(14)11-22(33)38-25(28)16-10-21(32)39-26(16)35/h10,15,17,19,21,24-25,32H,7-9,11-12H2,1-6H3/t15-,17-,19+,21+,24-,25+,28-,29-/m1/s1. The Morgan fingerprint density at radius 1 is 1.13 bits per heavy atom. The van der Waals surface area contributed by atoms with Crippen LogP contribution in [0.15, 0.2) is 22.8 Å². The lowest BCUT2D eigenvalue weighted by molar-refractivity contribution is -0.197. The predicted molar refractivity (Wildman–Crippen MR) is 133 cm³/mol. The van der Waals surface area contributed by atoms with E-state index in [-0.39, 0.29) is 30.1 Å². The highest BCUT2D eigenvalue weighted by molar-refractivity contribution is 5.94. The quantitative estimate of drug-likeness (QED) is 0.319. The Balaban J connectivity index is 1.68. The van der Waals surface area contributed by atoms with Gasteiger partial charge in [-0.1, -0.05) is 33.3 Å². The van der Waals surface area contributed by atoms with Crippen LogP contribution >= 0.6 is 0 Å². The molecule has 212 valence electrons. The van der Waals surface area contributed by atoms with Gasteiger partial charge in [-0.2, -0.15) is 0 Å². The van der Waals surface area contributed by atoms with E-state index in [1.165, 1.54) is 20.1 Å². The van der Waals surface area contributed by atoms with Crippen LogP contribution in [0.25, 0.3) is 0 Å². The van der Waals surface area contributed by atoms with Crippen molar-refractivity contribution in [3.8, 4) is 0 Å². The highest BCUT2D eigenvalue weighted by Gasteiger charge is 2.69. The second-order valence-corrected chi connectivity index (χ2v) is 12.6. The van der Waals surface area contributed by atoms with Crippen molar-refractivity contribution in [3.05, 3.63) is 22.8 Å². The van der Waals surface area contributed by atoms with Gasteiger partial charge in [0, 0.05) is 29.6 Å². The fraction of sp³-hybridized carbons (Fsp3) is 0.690. The molecule has 0 radical (unpaired) electrons. The molecule has 5 rings (SSSR count). The molecule has 39 heavy (non-hydrogen) atoms. The third kappa shape index (κ3) is 3.89. The van der Waals surface area contributed by atoms with Crippen LogP contribution in [0.2, 0.25) is 0 Å². The Bertz CT molecular complexity index is 1230. The molecule has 2 heterocycles. The average Bonchev–Trinajstić information content (AvgIpc) is 3.19. The number of cyclic esters (lactones) is 2. The van der Waals surface area contributed by atoms with Gasteiger partial charge in [0.2, 0.25) is 6.29 Å². The van der Waals surface area contributed by atoms with Crippen molar-refractivity contribution < 1.29 is 48.0 Å². The molecular weight excluding hydrogens is 508 g/mol. The molecule has 2 saturated carbocycles. The largest absolute Gasteiger partial charge is 0.469 e. The van der Waals surface area contributed by atoms with E-state index >= 15 is 0 Å². The summed E-state index contributed by atoms with van der Waals surface area (Å²) >= 11 is 0. The third-order valence-corrected chi connectivity index (χ3v) is 10.3. The van der Waals surface area contributed by atoms with Gasteiger partial charge >= 0.3 is 23.9 Å². The van der Waals surface area contributed by atoms with Gasteiger partial charge in [-0.25, -0.2) is 4.79 Å². The molecule has 2 aliphatic heterocycles. The molecule has 0 unspecified atom stereocenters. The minimum atomic E-state index is -1.40. The molecule has 3 fully saturated rings. The zero-order valence-corrected chi connectivity index (χ0v) is 23.2. The normalized spacial score (nSPS) is 40.6. The second-order valence-electron chi connectivity index (χ2n) is 12.6. The minimum Gasteiger partial charge on any atom is -0.469 e. The molecule has 10 nitrogen and oxygen atoms in total. The van der Waals surface area contributed by atoms with Crippen LogP contribution in [-0.4, -0.2) is 60.4 Å². The Labute approximate surface area is 227 Å². The number of rotatable bonds is 4. The first kappa shape index (κ1) is 27.6. The molecule has 1 N–H and O–H groups in total. The van der Waals surface area contributed by atoms with Gasteiger partial charge in [0.1, 0.15) is 18.0 Å². The van der Waals surface area contributed by atoms with E-state index in [4.69, 9.17) is 18.9 Å². The molecule has 0 aromatic rings. The van der Waals surface area contributed by atoms with E-state index in [0.29, 0.717) is 19.3 Å². The van der Waals surface area contributed by atoms with Gasteiger partial charge < -0.3 is 24.1 Å². The molecule has 8 atom stereocenters. The number of carbonyl (C=O) groups is 5. The van der Waals surface area contributed by atoms with Crippen LogP contribution in [0, 0.1) is 34.0 Å². The summed E-state index contributed by atoms with van der Waals surface area (Å²) in [4.78, 5) is 64.6. The maximum absolute atomic E-state index is 14.2. The molecule has 5 aliphatic rings. The van der Waals surface area contributed by atoms with Crippen molar-refractivity contribution >= 4 is 29.7 Å². The molecular formula is C29H36O10. The number of ketones is 1. The van der Waals surface area contributed by atoms with E-state index in [2.05, 4.69) is 0 Å². The van der Waals surface area contributed by atoms with E-state index in [1.54, 1.807) is 0 Å². The van der Waals surface area contributed by atoms with Crippen molar-refractivity contribution in [1.29, 1.82) is 0 Å². The number of allylic oxidation sites excluding steroid dienone is 1. The van der Waals surface area contributed by atoms with Gasteiger partial charge in [-0.15, -0.1) is 0 Å². The lowest BCUT2D eigenvalue weighted by Gasteiger charge is -2.63. The molecule has 2 bridgehead atoms. The Hall–Kier alpha value is -3.01. The zero-order chi connectivity index (χ0) is 28.7. The summed E-state index contributed by atoms with van der Waals surface area (Å²) < 4.78 is 21.5. The van der Waals surface area contributed by atoms with Crippen molar-refractivity contribution in [1.82, 2.24) is 0 Å². The lowest BCUT2D eigenvalue weighted by atomic mass is 9.40. The number of fused-ring (bicyclic) bond motifs is 5. The highest BCUT2D eigenvalue weighted by atomic mass is 16.6. The van der Waals surface area contributed by atoms with Crippen LogP contribution in [0.1, 0.15) is 66.7 Å². The maximum atomic E-state index is 14.2. The van der Waals surface area contributed by atoms with Crippen molar-refractivity contribution in [2.75, 3.05) is 7.11 Å². The molecule has 3 aliphatic carbocycles. The fourth-order valence-electron chi connectivity index (χ4n) is 8.55. The Kier molecular flexibility index (Phi) is 6.36. The summed E-state index contributed by atoms with van der Waals surface area (Å²) in [6.07, 6.45) is -0.473. The number of aliphatic hydroxyl groups is 1. The topological polar surface area (TPSA) is 142 Å². The smallest absolute Gasteiger partial charge is 0.340 e. The maximum Gasteiger partial charge on any atom is 0.340 e. The summed E-state index contributed by atoms with van der Waals surface area (Å²) in [5.74, 6) is -3.64. The molecule has 10 heteroatoms. The third-order valence-electron chi connectivity index (χ3n) is 10.3. The van der Waals surface area contributed by atoms with Gasteiger partial charge in [-0.3, -0.25) is 19.2 Å². The summed E-state index contributed by atoms with van der Waals surface area (Å²) in [6.45, 7) is 9.03. The zero-order valence-electron chi connectivity index (χ0n) is 23.2. The van der Waals surface area contributed by atoms with E-state index in [1.807, 2.05) is 27.7 Å². The summed E-state index contributed by atoms with van der Waals surface area (Å²) in [5.41, 5.74) is -0.587. The number of methoxy groups -OCH3 is 1.